The third-order valence-electron chi connectivity index (χ3n) is 4.89. The number of hydrogen-bond acceptors (Lipinski definition) is 6. The maximum Gasteiger partial charge on any atom is 0.250 e. The first-order chi connectivity index (χ1) is 15.3. The average molecular weight is 476 g/mol. The lowest BCUT2D eigenvalue weighted by Crippen LogP contribution is -2.32. The summed E-state index contributed by atoms with van der Waals surface area (Å²) >= 11 is 5.17. The van der Waals surface area contributed by atoms with Crippen LogP contribution in [0.1, 0.15) is 18.4 Å². The molecule has 0 aliphatic carbocycles. The van der Waals surface area contributed by atoms with Gasteiger partial charge in [0.15, 0.2) is 16.6 Å². The summed E-state index contributed by atoms with van der Waals surface area (Å²) in [6, 6.07) is 11.6. The van der Waals surface area contributed by atoms with E-state index in [1.807, 2.05) is 0 Å². The molecule has 32 heavy (non-hydrogen) atoms. The highest BCUT2D eigenvalue weighted by atomic mass is 32.2. The van der Waals surface area contributed by atoms with Gasteiger partial charge in [-0.05, 0) is 73.1 Å². The summed E-state index contributed by atoms with van der Waals surface area (Å²) in [5.74, 6) is 0.742. The Bertz CT molecular complexity index is 1110. The zero-order valence-corrected chi connectivity index (χ0v) is 19.5. The number of thiocarbonyl (C=S) groups is 1. The summed E-state index contributed by atoms with van der Waals surface area (Å²) in [4.78, 5) is 12.4. The van der Waals surface area contributed by atoms with E-state index in [1.54, 1.807) is 43.5 Å². The number of hydrogen-bond donors (Lipinski definition) is 2. The van der Waals surface area contributed by atoms with Gasteiger partial charge in [-0.3, -0.25) is 10.1 Å². The van der Waals surface area contributed by atoms with Gasteiger partial charge in [-0.15, -0.1) is 0 Å². The van der Waals surface area contributed by atoms with E-state index in [4.69, 9.17) is 21.7 Å². The highest BCUT2D eigenvalue weighted by molar-refractivity contribution is 7.89. The minimum absolute atomic E-state index is 0.0992. The lowest BCUT2D eigenvalue weighted by atomic mass is 10.2. The van der Waals surface area contributed by atoms with E-state index in [0.29, 0.717) is 30.3 Å². The summed E-state index contributed by atoms with van der Waals surface area (Å²) < 4.78 is 37.1. The summed E-state index contributed by atoms with van der Waals surface area (Å²) in [6.45, 7) is 1.10. The van der Waals surface area contributed by atoms with E-state index in [2.05, 4.69) is 10.6 Å². The van der Waals surface area contributed by atoms with Crippen LogP contribution in [0.4, 0.5) is 5.69 Å². The Kier molecular flexibility index (Phi) is 7.84. The van der Waals surface area contributed by atoms with Crippen LogP contribution in [0, 0.1) is 0 Å². The lowest BCUT2D eigenvalue weighted by molar-refractivity contribution is -0.115. The molecule has 0 atom stereocenters. The number of nitrogens with one attached hydrogen (secondary N) is 2. The van der Waals surface area contributed by atoms with E-state index < -0.39 is 15.9 Å². The van der Waals surface area contributed by atoms with Gasteiger partial charge in [-0.2, -0.15) is 4.31 Å². The Hall–Kier alpha value is -2.95. The van der Waals surface area contributed by atoms with Gasteiger partial charge in [-0.25, -0.2) is 8.42 Å². The van der Waals surface area contributed by atoms with Crippen LogP contribution < -0.4 is 20.1 Å². The van der Waals surface area contributed by atoms with E-state index in [0.717, 1.165) is 18.4 Å². The second-order valence-corrected chi connectivity index (χ2v) is 9.37. The van der Waals surface area contributed by atoms with Crippen molar-refractivity contribution in [3.05, 3.63) is 54.1 Å². The van der Waals surface area contributed by atoms with Crippen molar-refractivity contribution in [3.63, 3.8) is 0 Å². The van der Waals surface area contributed by atoms with Crippen LogP contribution in [0.5, 0.6) is 11.5 Å². The second kappa shape index (κ2) is 10.6. The molecule has 3 rings (SSSR count). The van der Waals surface area contributed by atoms with Crippen molar-refractivity contribution in [1.82, 2.24) is 9.62 Å². The van der Waals surface area contributed by atoms with Crippen molar-refractivity contribution in [2.24, 2.45) is 0 Å². The Morgan fingerprint density at radius 1 is 1.03 bits per heavy atom. The van der Waals surface area contributed by atoms with Crippen molar-refractivity contribution in [2.45, 2.75) is 17.7 Å². The molecule has 0 bridgehead atoms. The number of carbonyl (C=O) groups is 1. The fourth-order valence-electron chi connectivity index (χ4n) is 3.23. The van der Waals surface area contributed by atoms with Crippen LogP contribution in [0.2, 0.25) is 0 Å². The molecule has 0 aromatic heterocycles. The molecule has 2 aromatic rings. The van der Waals surface area contributed by atoms with Crippen LogP contribution >= 0.6 is 12.2 Å². The zero-order valence-electron chi connectivity index (χ0n) is 17.8. The summed E-state index contributed by atoms with van der Waals surface area (Å²) in [7, 11) is -0.381. The van der Waals surface area contributed by atoms with Gasteiger partial charge in [0.1, 0.15) is 0 Å². The van der Waals surface area contributed by atoms with Crippen LogP contribution in [-0.4, -0.2) is 51.1 Å². The van der Waals surface area contributed by atoms with Crippen molar-refractivity contribution < 1.29 is 22.7 Å². The molecule has 1 aliphatic heterocycles. The molecule has 1 heterocycles. The van der Waals surface area contributed by atoms with E-state index in [-0.39, 0.29) is 10.0 Å². The molecule has 8 nitrogen and oxygen atoms in total. The number of methoxy groups -OCH3 is 2. The number of ether oxygens (including phenoxy) is 2. The van der Waals surface area contributed by atoms with Crippen molar-refractivity contribution in [2.75, 3.05) is 32.6 Å². The minimum atomic E-state index is -3.47. The maximum absolute atomic E-state index is 12.6. The average Bonchev–Trinajstić information content (AvgIpc) is 3.33. The van der Waals surface area contributed by atoms with Crippen LogP contribution in [0.3, 0.4) is 0 Å². The number of sulfonamides is 1. The first-order valence-corrected chi connectivity index (χ1v) is 11.8. The van der Waals surface area contributed by atoms with Gasteiger partial charge >= 0.3 is 0 Å². The molecule has 2 N–H and O–H groups in total. The summed E-state index contributed by atoms with van der Waals surface area (Å²) in [5, 5.41) is 5.52. The normalized spacial score (nSPS) is 14.3. The Morgan fingerprint density at radius 3 is 2.31 bits per heavy atom. The number of anilines is 1. The molecule has 0 saturated carbocycles. The Labute approximate surface area is 193 Å². The zero-order chi connectivity index (χ0) is 23.1. The molecule has 2 aromatic carbocycles. The number of carbonyl (C=O) groups excluding carboxylic acids is 1. The fourth-order valence-corrected chi connectivity index (χ4v) is 4.97. The third kappa shape index (κ3) is 5.84. The predicted octanol–water partition coefficient (Wildman–Crippen LogP) is 3.01. The highest BCUT2D eigenvalue weighted by Crippen LogP contribution is 2.28. The number of amides is 1. The van der Waals surface area contributed by atoms with Crippen LogP contribution in [-0.2, 0) is 14.8 Å². The van der Waals surface area contributed by atoms with Gasteiger partial charge in [0, 0.05) is 24.9 Å². The summed E-state index contributed by atoms with van der Waals surface area (Å²) in [6.07, 6.45) is 4.74. The first kappa shape index (κ1) is 23.7. The molecule has 0 spiro atoms. The Balaban J connectivity index is 1.56. The van der Waals surface area contributed by atoms with Gasteiger partial charge in [0.05, 0.1) is 19.1 Å². The minimum Gasteiger partial charge on any atom is -0.493 e. The number of rotatable bonds is 7. The standard InChI is InChI=1S/C22H25N3O5S2/c1-29-19-11-5-16(15-20(19)30-2)6-12-21(26)24-22(31)23-17-7-9-18(10-8-17)32(27,28)25-13-3-4-14-25/h5-12,15H,3-4,13-14H2,1-2H3,(H2,23,24,26,31)/b12-6+. The van der Waals surface area contributed by atoms with E-state index in [9.17, 15) is 13.2 Å². The molecular weight excluding hydrogens is 450 g/mol. The van der Waals surface area contributed by atoms with Crippen LogP contribution in [0.25, 0.3) is 6.08 Å². The molecular formula is C22H25N3O5S2. The molecule has 1 aliphatic rings. The smallest absolute Gasteiger partial charge is 0.250 e. The van der Waals surface area contributed by atoms with E-state index in [1.165, 1.54) is 29.6 Å². The third-order valence-corrected chi connectivity index (χ3v) is 7.00. The number of nitrogens with zero attached hydrogens (tertiary/aromatic N) is 1. The van der Waals surface area contributed by atoms with E-state index >= 15 is 0 Å². The predicted molar refractivity (Wildman–Crippen MR) is 127 cm³/mol. The van der Waals surface area contributed by atoms with Gasteiger partial charge in [0.25, 0.3) is 0 Å². The van der Waals surface area contributed by atoms with Crippen molar-refractivity contribution >= 4 is 45.0 Å². The molecule has 1 amide bonds. The molecule has 1 saturated heterocycles. The fraction of sp³-hybridized carbons (Fsp3) is 0.273. The van der Waals surface area contributed by atoms with Gasteiger partial charge in [0.2, 0.25) is 15.9 Å². The first-order valence-electron chi connectivity index (χ1n) is 9.96. The van der Waals surface area contributed by atoms with Crippen LogP contribution in [0.15, 0.2) is 53.4 Å². The monoisotopic (exact) mass is 475 g/mol. The maximum atomic E-state index is 12.6. The largest absolute Gasteiger partial charge is 0.493 e. The molecule has 10 heteroatoms. The molecule has 170 valence electrons. The van der Waals surface area contributed by atoms with Crippen molar-refractivity contribution in [1.29, 1.82) is 0 Å². The molecule has 0 radical (unpaired) electrons. The van der Waals surface area contributed by atoms with Gasteiger partial charge < -0.3 is 14.8 Å². The quantitative estimate of drug-likeness (QED) is 0.469. The Morgan fingerprint density at radius 2 is 1.69 bits per heavy atom. The molecule has 0 unspecified atom stereocenters. The highest BCUT2D eigenvalue weighted by Gasteiger charge is 2.26. The summed E-state index contributed by atoms with van der Waals surface area (Å²) in [5.41, 5.74) is 1.33. The molecule has 1 fully saturated rings. The van der Waals surface area contributed by atoms with Crippen molar-refractivity contribution in [3.8, 4) is 11.5 Å². The SMILES string of the molecule is COc1ccc(/C=C/C(=O)NC(=S)Nc2ccc(S(=O)(=O)N3CCCC3)cc2)cc1OC. The topological polar surface area (TPSA) is 97.0 Å². The number of benzene rings is 2. The second-order valence-electron chi connectivity index (χ2n) is 7.03. The van der Waals surface area contributed by atoms with Gasteiger partial charge in [-0.1, -0.05) is 6.07 Å². The lowest BCUT2D eigenvalue weighted by Gasteiger charge is -2.16.